The molecule has 0 saturated heterocycles. The lowest BCUT2D eigenvalue weighted by molar-refractivity contribution is -0.113. The number of carbonyl (C=O) groups is 1. The first-order valence-corrected chi connectivity index (χ1v) is 6.33. The molecular formula is C16H9ClO. The zero-order valence-corrected chi connectivity index (χ0v) is 10.2. The lowest BCUT2D eigenvalue weighted by Gasteiger charge is -2.17. The van der Waals surface area contributed by atoms with Gasteiger partial charge in [0.2, 0.25) is 0 Å². The Morgan fingerprint density at radius 1 is 0.889 bits per heavy atom. The van der Waals surface area contributed by atoms with Crippen LogP contribution in [0.5, 0.6) is 0 Å². The van der Waals surface area contributed by atoms with Gasteiger partial charge in [0.1, 0.15) is 5.38 Å². The third-order valence-electron chi connectivity index (χ3n) is 3.66. The van der Waals surface area contributed by atoms with Gasteiger partial charge in [-0.3, -0.25) is 4.79 Å². The van der Waals surface area contributed by atoms with E-state index in [1.54, 1.807) is 6.08 Å². The molecule has 1 unspecified atom stereocenters. The standard InChI is InChI=1S/C16H9ClO/c17-16-12-7-6-10-3-1-2-9-4-5-11(8-13(16)18)15(12)14(9)10/h1-8,16H. The molecule has 4 rings (SSSR count). The van der Waals surface area contributed by atoms with Gasteiger partial charge in [0.25, 0.3) is 0 Å². The molecule has 0 radical (unpaired) electrons. The smallest absolute Gasteiger partial charge is 0.178 e. The number of Topliss-reactive ketones (excluding diaryl/α,β-unsaturated/α-hetero) is 1. The van der Waals surface area contributed by atoms with E-state index in [0.717, 1.165) is 16.2 Å². The van der Waals surface area contributed by atoms with E-state index in [0.29, 0.717) is 0 Å². The largest absolute Gasteiger partial charge is 0.293 e. The highest BCUT2D eigenvalue weighted by Gasteiger charge is 2.23. The highest BCUT2D eigenvalue weighted by Crippen LogP contribution is 2.34. The van der Waals surface area contributed by atoms with Crippen LogP contribution in [0.25, 0.3) is 27.6 Å². The fourth-order valence-corrected chi connectivity index (χ4v) is 3.09. The summed E-state index contributed by atoms with van der Waals surface area (Å²) in [7, 11) is 0. The van der Waals surface area contributed by atoms with E-state index in [1.165, 1.54) is 16.2 Å². The molecule has 2 heteroatoms. The maximum absolute atomic E-state index is 11.8. The van der Waals surface area contributed by atoms with Crippen molar-refractivity contribution in [2.75, 3.05) is 0 Å². The first-order valence-electron chi connectivity index (χ1n) is 5.89. The first-order chi connectivity index (χ1) is 8.75. The molecule has 0 spiro atoms. The summed E-state index contributed by atoms with van der Waals surface area (Å²) in [6.07, 6.45) is 1.66. The van der Waals surface area contributed by atoms with E-state index in [4.69, 9.17) is 11.6 Å². The molecule has 86 valence electrons. The SMILES string of the molecule is O=C1C=c2ccc3cccc4ccc(c2c43)C1Cl. The van der Waals surface area contributed by atoms with Gasteiger partial charge in [0.15, 0.2) is 5.78 Å². The van der Waals surface area contributed by atoms with E-state index in [-0.39, 0.29) is 5.78 Å². The van der Waals surface area contributed by atoms with Crippen LogP contribution in [0.4, 0.5) is 0 Å². The van der Waals surface area contributed by atoms with Crippen molar-refractivity contribution in [2.45, 2.75) is 5.38 Å². The Labute approximate surface area is 109 Å². The number of halogens is 1. The normalized spacial score (nSPS) is 18.3. The molecule has 0 aliphatic heterocycles. The third kappa shape index (κ3) is 1.15. The monoisotopic (exact) mass is 252 g/mol. The number of hydrogen-bond donors (Lipinski definition) is 0. The van der Waals surface area contributed by atoms with Crippen LogP contribution in [0.15, 0.2) is 42.5 Å². The molecule has 0 fully saturated rings. The second kappa shape index (κ2) is 3.33. The maximum atomic E-state index is 11.8. The summed E-state index contributed by atoms with van der Waals surface area (Å²) in [5.41, 5.74) is 0.934. The molecule has 1 atom stereocenters. The van der Waals surface area contributed by atoms with Gasteiger partial charge in [-0.1, -0.05) is 42.5 Å². The zero-order valence-electron chi connectivity index (χ0n) is 9.48. The van der Waals surface area contributed by atoms with Gasteiger partial charge >= 0.3 is 0 Å². The molecule has 0 N–H and O–H groups in total. The van der Waals surface area contributed by atoms with E-state index >= 15 is 0 Å². The van der Waals surface area contributed by atoms with Crippen LogP contribution in [0.3, 0.4) is 0 Å². The van der Waals surface area contributed by atoms with Crippen LogP contribution < -0.4 is 5.22 Å². The molecule has 1 aliphatic rings. The van der Waals surface area contributed by atoms with Crippen molar-refractivity contribution in [3.63, 3.8) is 0 Å². The Morgan fingerprint density at radius 3 is 2.39 bits per heavy atom. The summed E-state index contributed by atoms with van der Waals surface area (Å²) >= 11 is 6.22. The van der Waals surface area contributed by atoms with Crippen LogP contribution in [0.1, 0.15) is 10.9 Å². The minimum absolute atomic E-state index is 0.0254. The zero-order chi connectivity index (χ0) is 12.3. The van der Waals surface area contributed by atoms with E-state index in [2.05, 4.69) is 24.3 Å². The number of hydrogen-bond acceptors (Lipinski definition) is 1. The number of alkyl halides is 1. The first kappa shape index (κ1) is 10.1. The highest BCUT2D eigenvalue weighted by atomic mass is 35.5. The van der Waals surface area contributed by atoms with Crippen LogP contribution in [-0.2, 0) is 4.79 Å². The number of benzene rings is 3. The molecule has 3 aromatic carbocycles. The predicted octanol–water partition coefficient (Wildman–Crippen LogP) is 3.36. The molecule has 18 heavy (non-hydrogen) atoms. The van der Waals surface area contributed by atoms with Crippen LogP contribution in [-0.4, -0.2) is 5.78 Å². The Bertz CT molecular complexity index is 848. The average Bonchev–Trinajstić information content (AvgIpc) is 2.40. The van der Waals surface area contributed by atoms with Crippen molar-refractivity contribution < 1.29 is 4.79 Å². The van der Waals surface area contributed by atoms with E-state index in [9.17, 15) is 4.79 Å². The van der Waals surface area contributed by atoms with E-state index in [1.807, 2.05) is 18.2 Å². The maximum Gasteiger partial charge on any atom is 0.178 e. The van der Waals surface area contributed by atoms with Crippen molar-refractivity contribution in [1.29, 1.82) is 0 Å². The minimum atomic E-state index is -0.548. The summed E-state index contributed by atoms with van der Waals surface area (Å²) in [5, 5.41) is 5.16. The molecular weight excluding hydrogens is 244 g/mol. The summed E-state index contributed by atoms with van der Waals surface area (Å²) in [6.45, 7) is 0. The fraction of sp³-hybridized carbons (Fsp3) is 0.0625. The lowest BCUT2D eigenvalue weighted by Crippen LogP contribution is -2.18. The molecule has 0 amide bonds. The molecule has 3 aromatic rings. The van der Waals surface area contributed by atoms with Gasteiger partial charge in [-0.15, -0.1) is 11.6 Å². The second-order valence-corrected chi connectivity index (χ2v) is 5.11. The quantitative estimate of drug-likeness (QED) is 0.561. The third-order valence-corrected chi connectivity index (χ3v) is 4.11. The van der Waals surface area contributed by atoms with Crippen LogP contribution in [0.2, 0.25) is 0 Å². The fourth-order valence-electron chi connectivity index (χ4n) is 2.85. The Hall–Kier alpha value is -1.86. The van der Waals surface area contributed by atoms with Gasteiger partial charge in [0, 0.05) is 0 Å². The van der Waals surface area contributed by atoms with Gasteiger partial charge in [-0.05, 0) is 38.4 Å². The summed E-state index contributed by atoms with van der Waals surface area (Å²) in [5.74, 6) is -0.0254. The summed E-state index contributed by atoms with van der Waals surface area (Å²) in [6, 6.07) is 14.3. The molecule has 0 heterocycles. The number of carbonyl (C=O) groups excluding carboxylic acids is 1. The molecule has 1 aliphatic carbocycles. The Morgan fingerprint density at radius 2 is 1.61 bits per heavy atom. The predicted molar refractivity (Wildman–Crippen MR) is 74.7 cm³/mol. The lowest BCUT2D eigenvalue weighted by atomic mass is 9.89. The van der Waals surface area contributed by atoms with Crippen molar-refractivity contribution in [3.05, 3.63) is 53.2 Å². The Balaban J connectivity index is 2.39. The number of rotatable bonds is 0. The van der Waals surface area contributed by atoms with Crippen molar-refractivity contribution >= 4 is 45.0 Å². The minimum Gasteiger partial charge on any atom is -0.293 e. The summed E-state index contributed by atoms with van der Waals surface area (Å²) in [4.78, 5) is 11.8. The van der Waals surface area contributed by atoms with Crippen molar-refractivity contribution in [1.82, 2.24) is 0 Å². The van der Waals surface area contributed by atoms with Crippen LogP contribution >= 0.6 is 11.6 Å². The van der Waals surface area contributed by atoms with Crippen LogP contribution in [0, 0.1) is 0 Å². The molecule has 1 nitrogen and oxygen atoms in total. The molecule has 0 aromatic heterocycles. The van der Waals surface area contributed by atoms with Crippen molar-refractivity contribution in [2.24, 2.45) is 0 Å². The Kier molecular flexibility index (Phi) is 1.87. The topological polar surface area (TPSA) is 17.1 Å². The molecule has 0 bridgehead atoms. The highest BCUT2D eigenvalue weighted by molar-refractivity contribution is 6.39. The second-order valence-electron chi connectivity index (χ2n) is 4.67. The average molecular weight is 253 g/mol. The van der Waals surface area contributed by atoms with Crippen molar-refractivity contribution in [3.8, 4) is 0 Å². The van der Waals surface area contributed by atoms with Gasteiger partial charge in [0.05, 0.1) is 0 Å². The molecule has 0 saturated carbocycles. The number of ketones is 1. The van der Waals surface area contributed by atoms with Gasteiger partial charge in [-0.25, -0.2) is 0 Å². The van der Waals surface area contributed by atoms with Gasteiger partial charge < -0.3 is 0 Å². The summed E-state index contributed by atoms with van der Waals surface area (Å²) < 4.78 is 0. The van der Waals surface area contributed by atoms with E-state index < -0.39 is 5.38 Å². The van der Waals surface area contributed by atoms with Gasteiger partial charge in [-0.2, -0.15) is 0 Å².